The molecule has 0 saturated carbocycles. The van der Waals surface area contributed by atoms with Crippen molar-refractivity contribution in [2.24, 2.45) is 0 Å². The molecule has 7 heteroatoms. The van der Waals surface area contributed by atoms with Gasteiger partial charge in [0.2, 0.25) is 0 Å². The number of sulfone groups is 1. The topological polar surface area (TPSA) is 67.3 Å². The monoisotopic (exact) mass is 350 g/mol. The number of thiazole rings is 1. The molecule has 2 aromatic rings. The zero-order chi connectivity index (χ0) is 16.4. The highest BCUT2D eigenvalue weighted by atomic mass is 32.2. The van der Waals surface area contributed by atoms with Crippen LogP contribution in [0.3, 0.4) is 0 Å². The van der Waals surface area contributed by atoms with Crippen LogP contribution in [0.2, 0.25) is 0 Å². The summed E-state index contributed by atoms with van der Waals surface area (Å²) in [6, 6.07) is 7.13. The Morgan fingerprint density at radius 2 is 2.26 bits per heavy atom. The summed E-state index contributed by atoms with van der Waals surface area (Å²) in [5.74, 6) is 0.118. The Bertz CT molecular complexity index is 800. The summed E-state index contributed by atoms with van der Waals surface area (Å²) in [5.41, 5.74) is 1.48. The molecule has 0 spiro atoms. The first-order chi connectivity index (χ1) is 11.0. The lowest BCUT2D eigenvalue weighted by Crippen LogP contribution is -2.40. The number of rotatable bonds is 4. The van der Waals surface area contributed by atoms with Gasteiger partial charge in [-0.25, -0.2) is 13.4 Å². The number of hydrogen-bond donors (Lipinski definition) is 0. The predicted octanol–water partition coefficient (Wildman–Crippen LogP) is 2.46. The minimum Gasteiger partial charge on any atom is -0.335 e. The van der Waals surface area contributed by atoms with Crippen LogP contribution in [0.25, 0.3) is 10.6 Å². The molecular formula is C16H18N2O3S2. The van der Waals surface area contributed by atoms with Crippen molar-refractivity contribution in [1.82, 2.24) is 9.88 Å². The molecule has 1 aliphatic heterocycles. The second-order valence-electron chi connectivity index (χ2n) is 5.57. The summed E-state index contributed by atoms with van der Waals surface area (Å²) < 4.78 is 23.4. The molecule has 1 unspecified atom stereocenters. The number of hydrogen-bond acceptors (Lipinski definition) is 5. The highest BCUT2D eigenvalue weighted by molar-refractivity contribution is 7.91. The first-order valence-electron chi connectivity index (χ1n) is 7.51. The van der Waals surface area contributed by atoms with Gasteiger partial charge in [0.1, 0.15) is 5.01 Å². The van der Waals surface area contributed by atoms with Gasteiger partial charge in [-0.3, -0.25) is 4.79 Å². The van der Waals surface area contributed by atoms with Gasteiger partial charge in [0.15, 0.2) is 9.84 Å². The Morgan fingerprint density at radius 3 is 2.87 bits per heavy atom. The number of amides is 1. The Kier molecular flexibility index (Phi) is 4.50. The fourth-order valence-electron chi connectivity index (χ4n) is 2.91. The SMILES string of the molecule is CCN(C(=O)c1cccc(-c2nccs2)c1)C1CCS(=O)(=O)C1. The molecule has 1 saturated heterocycles. The Labute approximate surface area is 139 Å². The zero-order valence-corrected chi connectivity index (χ0v) is 14.4. The smallest absolute Gasteiger partial charge is 0.254 e. The molecule has 0 radical (unpaired) electrons. The molecule has 1 fully saturated rings. The fraction of sp³-hybridized carbons (Fsp3) is 0.375. The summed E-state index contributed by atoms with van der Waals surface area (Å²) in [6.45, 7) is 2.38. The van der Waals surface area contributed by atoms with Gasteiger partial charge < -0.3 is 4.90 Å². The largest absolute Gasteiger partial charge is 0.335 e. The molecule has 23 heavy (non-hydrogen) atoms. The van der Waals surface area contributed by atoms with Crippen molar-refractivity contribution in [1.29, 1.82) is 0 Å². The van der Waals surface area contributed by atoms with E-state index in [-0.39, 0.29) is 23.5 Å². The van der Waals surface area contributed by atoms with E-state index >= 15 is 0 Å². The van der Waals surface area contributed by atoms with E-state index in [1.54, 1.807) is 17.2 Å². The maximum absolute atomic E-state index is 12.8. The van der Waals surface area contributed by atoms with Gasteiger partial charge in [0.25, 0.3) is 5.91 Å². The van der Waals surface area contributed by atoms with Gasteiger partial charge in [0, 0.05) is 35.3 Å². The maximum Gasteiger partial charge on any atom is 0.254 e. The van der Waals surface area contributed by atoms with Gasteiger partial charge >= 0.3 is 0 Å². The fourth-order valence-corrected chi connectivity index (χ4v) is 5.27. The first-order valence-corrected chi connectivity index (χ1v) is 10.2. The van der Waals surface area contributed by atoms with Crippen LogP contribution in [0.1, 0.15) is 23.7 Å². The van der Waals surface area contributed by atoms with Crippen LogP contribution in [-0.4, -0.2) is 48.3 Å². The van der Waals surface area contributed by atoms with Gasteiger partial charge in [-0.15, -0.1) is 11.3 Å². The van der Waals surface area contributed by atoms with E-state index in [1.165, 1.54) is 11.3 Å². The Hall–Kier alpha value is -1.73. The van der Waals surface area contributed by atoms with Crippen molar-refractivity contribution >= 4 is 27.1 Å². The van der Waals surface area contributed by atoms with Gasteiger partial charge in [0.05, 0.1) is 11.5 Å². The van der Waals surface area contributed by atoms with Crippen molar-refractivity contribution in [2.45, 2.75) is 19.4 Å². The van der Waals surface area contributed by atoms with E-state index < -0.39 is 9.84 Å². The lowest BCUT2D eigenvalue weighted by atomic mass is 10.1. The second kappa shape index (κ2) is 6.41. The molecular weight excluding hydrogens is 332 g/mol. The van der Waals surface area contributed by atoms with Crippen LogP contribution in [0.5, 0.6) is 0 Å². The molecule has 0 N–H and O–H groups in total. The van der Waals surface area contributed by atoms with Crippen molar-refractivity contribution in [3.05, 3.63) is 41.4 Å². The van der Waals surface area contributed by atoms with Crippen LogP contribution in [0.15, 0.2) is 35.8 Å². The number of carbonyl (C=O) groups excluding carboxylic acids is 1. The van der Waals surface area contributed by atoms with E-state index in [0.29, 0.717) is 18.5 Å². The lowest BCUT2D eigenvalue weighted by molar-refractivity contribution is 0.0708. The maximum atomic E-state index is 12.8. The van der Waals surface area contributed by atoms with Crippen molar-refractivity contribution in [2.75, 3.05) is 18.1 Å². The Balaban J connectivity index is 1.85. The zero-order valence-electron chi connectivity index (χ0n) is 12.8. The molecule has 1 aromatic heterocycles. The third kappa shape index (κ3) is 3.45. The normalized spacial score (nSPS) is 19.6. The number of benzene rings is 1. The molecule has 0 aliphatic carbocycles. The number of carbonyl (C=O) groups is 1. The first kappa shape index (κ1) is 16.1. The Morgan fingerprint density at radius 1 is 1.43 bits per heavy atom. The molecule has 122 valence electrons. The van der Waals surface area contributed by atoms with Crippen LogP contribution in [0, 0.1) is 0 Å². The molecule has 5 nitrogen and oxygen atoms in total. The molecule has 2 heterocycles. The highest BCUT2D eigenvalue weighted by Gasteiger charge is 2.34. The highest BCUT2D eigenvalue weighted by Crippen LogP contribution is 2.24. The van der Waals surface area contributed by atoms with Crippen LogP contribution in [-0.2, 0) is 9.84 Å². The van der Waals surface area contributed by atoms with Gasteiger partial charge in [-0.1, -0.05) is 12.1 Å². The van der Waals surface area contributed by atoms with E-state index in [0.717, 1.165) is 10.6 Å². The minimum atomic E-state index is -3.01. The second-order valence-corrected chi connectivity index (χ2v) is 8.69. The average Bonchev–Trinajstić information content (AvgIpc) is 3.18. The lowest BCUT2D eigenvalue weighted by Gasteiger charge is -2.27. The average molecular weight is 350 g/mol. The van der Waals surface area contributed by atoms with Crippen LogP contribution < -0.4 is 0 Å². The number of nitrogens with zero attached hydrogens (tertiary/aromatic N) is 2. The van der Waals surface area contributed by atoms with E-state index in [1.807, 2.05) is 30.5 Å². The standard InChI is InChI=1S/C16H18N2O3S2/c1-2-18(14-6-9-23(20,21)11-14)16(19)13-5-3-4-12(10-13)15-17-7-8-22-15/h3-5,7-8,10,14H,2,6,9,11H2,1H3. The number of aromatic nitrogens is 1. The molecule has 1 atom stereocenters. The summed E-state index contributed by atoms with van der Waals surface area (Å²) in [4.78, 5) is 18.7. The third-order valence-corrected chi connectivity index (χ3v) is 6.61. The molecule has 1 amide bonds. The quantitative estimate of drug-likeness (QED) is 0.849. The summed E-state index contributed by atoms with van der Waals surface area (Å²) >= 11 is 1.52. The minimum absolute atomic E-state index is 0.0682. The van der Waals surface area contributed by atoms with Crippen LogP contribution in [0.4, 0.5) is 0 Å². The van der Waals surface area contributed by atoms with E-state index in [4.69, 9.17) is 0 Å². The molecule has 3 rings (SSSR count). The predicted molar refractivity (Wildman–Crippen MR) is 91.3 cm³/mol. The summed E-state index contributed by atoms with van der Waals surface area (Å²) in [7, 11) is -3.01. The van der Waals surface area contributed by atoms with E-state index in [2.05, 4.69) is 4.98 Å². The van der Waals surface area contributed by atoms with E-state index in [9.17, 15) is 13.2 Å². The summed E-state index contributed by atoms with van der Waals surface area (Å²) in [5, 5.41) is 2.76. The van der Waals surface area contributed by atoms with Crippen molar-refractivity contribution in [3.8, 4) is 10.6 Å². The molecule has 1 aliphatic rings. The van der Waals surface area contributed by atoms with Crippen LogP contribution >= 0.6 is 11.3 Å². The van der Waals surface area contributed by atoms with Crippen molar-refractivity contribution < 1.29 is 13.2 Å². The van der Waals surface area contributed by atoms with Crippen molar-refractivity contribution in [3.63, 3.8) is 0 Å². The molecule has 0 bridgehead atoms. The summed E-state index contributed by atoms with van der Waals surface area (Å²) in [6.07, 6.45) is 2.25. The van der Waals surface area contributed by atoms with Gasteiger partial charge in [-0.2, -0.15) is 0 Å². The van der Waals surface area contributed by atoms with Gasteiger partial charge in [-0.05, 0) is 25.5 Å². The molecule has 1 aromatic carbocycles. The third-order valence-electron chi connectivity index (χ3n) is 4.04.